The van der Waals surface area contributed by atoms with E-state index >= 15 is 0 Å². The predicted molar refractivity (Wildman–Crippen MR) is 89.6 cm³/mol. The molecule has 1 saturated heterocycles. The molecule has 0 unspecified atom stereocenters. The van der Waals surface area contributed by atoms with Crippen LogP contribution in [0.4, 0.5) is 11.6 Å². The van der Waals surface area contributed by atoms with Gasteiger partial charge in [-0.25, -0.2) is 9.97 Å². The number of carbonyl (C=O) groups excluding carboxylic acids is 1. The van der Waals surface area contributed by atoms with Crippen molar-refractivity contribution >= 4 is 28.4 Å². The van der Waals surface area contributed by atoms with Gasteiger partial charge in [-0.1, -0.05) is 18.2 Å². The van der Waals surface area contributed by atoms with Crippen LogP contribution in [0.25, 0.3) is 10.9 Å². The summed E-state index contributed by atoms with van der Waals surface area (Å²) in [7, 11) is 0. The molecule has 3 aromatic rings. The van der Waals surface area contributed by atoms with Crippen LogP contribution < -0.4 is 10.6 Å². The van der Waals surface area contributed by atoms with E-state index in [1.165, 1.54) is 12.4 Å². The van der Waals surface area contributed by atoms with Gasteiger partial charge in [-0.05, 0) is 12.1 Å². The number of benzene rings is 1. The van der Waals surface area contributed by atoms with Gasteiger partial charge in [0, 0.05) is 17.8 Å². The number of anilines is 2. The maximum absolute atomic E-state index is 12.9. The van der Waals surface area contributed by atoms with E-state index in [1.807, 2.05) is 30.3 Å². The number of nitrogens with two attached hydrogens (primary N) is 1. The highest BCUT2D eigenvalue weighted by molar-refractivity contribution is 6.07. The van der Waals surface area contributed by atoms with Crippen molar-refractivity contribution in [2.75, 3.05) is 23.8 Å². The molecule has 0 radical (unpaired) electrons. The molecule has 0 aliphatic carbocycles. The molecule has 0 spiro atoms. The van der Waals surface area contributed by atoms with E-state index in [1.54, 1.807) is 11.1 Å². The molecule has 2 N–H and O–H groups in total. The lowest BCUT2D eigenvalue weighted by Gasteiger charge is -2.37. The number of pyridine rings is 1. The van der Waals surface area contributed by atoms with Crippen molar-refractivity contribution in [2.45, 2.75) is 6.04 Å². The zero-order chi connectivity index (χ0) is 16.5. The second-order valence-corrected chi connectivity index (χ2v) is 5.58. The third kappa shape index (κ3) is 2.55. The van der Waals surface area contributed by atoms with E-state index in [2.05, 4.69) is 15.0 Å². The third-order valence-electron chi connectivity index (χ3n) is 3.98. The van der Waals surface area contributed by atoms with Gasteiger partial charge in [0.15, 0.2) is 0 Å². The van der Waals surface area contributed by atoms with Crippen molar-refractivity contribution in [3.05, 3.63) is 54.5 Å². The molecule has 24 heavy (non-hydrogen) atoms. The minimum Gasteiger partial charge on any atom is -0.377 e. The Morgan fingerprint density at radius 3 is 2.58 bits per heavy atom. The Bertz CT molecular complexity index is 893. The lowest BCUT2D eigenvalue weighted by Crippen LogP contribution is -2.52. The molecular weight excluding hydrogens is 306 g/mol. The SMILES string of the molecule is Nc1ncc(C(=O)N(c2cnc3ccccc3c2)C2COC2)cn1. The van der Waals surface area contributed by atoms with Gasteiger partial charge >= 0.3 is 0 Å². The Hall–Kier alpha value is -3.06. The summed E-state index contributed by atoms with van der Waals surface area (Å²) in [5.74, 6) is -0.0576. The molecule has 2 aromatic heterocycles. The number of nitrogen functional groups attached to an aromatic ring is 1. The van der Waals surface area contributed by atoms with E-state index in [0.717, 1.165) is 16.6 Å². The first-order valence-corrected chi connectivity index (χ1v) is 7.56. The van der Waals surface area contributed by atoms with Crippen molar-refractivity contribution < 1.29 is 9.53 Å². The van der Waals surface area contributed by atoms with Crippen LogP contribution in [0.5, 0.6) is 0 Å². The monoisotopic (exact) mass is 321 g/mol. The van der Waals surface area contributed by atoms with Gasteiger partial charge in [-0.15, -0.1) is 0 Å². The fourth-order valence-corrected chi connectivity index (χ4v) is 2.64. The molecule has 0 saturated carbocycles. The van der Waals surface area contributed by atoms with Gasteiger partial charge in [-0.3, -0.25) is 14.7 Å². The van der Waals surface area contributed by atoms with Crippen molar-refractivity contribution in [2.24, 2.45) is 0 Å². The minimum atomic E-state index is -0.194. The third-order valence-corrected chi connectivity index (χ3v) is 3.98. The number of para-hydroxylation sites is 1. The molecule has 3 heterocycles. The van der Waals surface area contributed by atoms with Crippen LogP contribution in [-0.2, 0) is 4.74 Å². The summed E-state index contributed by atoms with van der Waals surface area (Å²) in [5, 5.41) is 0.974. The van der Waals surface area contributed by atoms with Gasteiger partial charge in [0.25, 0.3) is 5.91 Å². The highest BCUT2D eigenvalue weighted by Crippen LogP contribution is 2.26. The Kier molecular flexibility index (Phi) is 3.55. The Balaban J connectivity index is 1.75. The summed E-state index contributed by atoms with van der Waals surface area (Å²) in [6, 6.07) is 9.71. The van der Waals surface area contributed by atoms with E-state index < -0.39 is 0 Å². The first-order chi connectivity index (χ1) is 11.7. The Morgan fingerprint density at radius 1 is 1.12 bits per heavy atom. The van der Waals surface area contributed by atoms with Crippen LogP contribution in [0.3, 0.4) is 0 Å². The van der Waals surface area contributed by atoms with E-state index in [4.69, 9.17) is 10.5 Å². The van der Waals surface area contributed by atoms with Gasteiger partial charge in [0.05, 0.1) is 42.2 Å². The number of ether oxygens (including phenoxy) is 1. The zero-order valence-electron chi connectivity index (χ0n) is 12.8. The van der Waals surface area contributed by atoms with Crippen LogP contribution in [0, 0.1) is 0 Å². The fraction of sp³-hybridized carbons (Fsp3) is 0.176. The number of hydrogen-bond donors (Lipinski definition) is 1. The number of amides is 1. The summed E-state index contributed by atoms with van der Waals surface area (Å²) in [4.78, 5) is 26.9. The number of carbonyl (C=O) groups is 1. The fourth-order valence-electron chi connectivity index (χ4n) is 2.64. The number of nitrogens with zero attached hydrogens (tertiary/aromatic N) is 4. The maximum atomic E-state index is 12.9. The molecule has 7 nitrogen and oxygen atoms in total. The lowest BCUT2D eigenvalue weighted by molar-refractivity contribution is 0.00832. The summed E-state index contributed by atoms with van der Waals surface area (Å²) in [6.07, 6.45) is 4.58. The van der Waals surface area contributed by atoms with Crippen LogP contribution in [0.15, 0.2) is 48.9 Å². The first-order valence-electron chi connectivity index (χ1n) is 7.56. The quantitative estimate of drug-likeness (QED) is 0.788. The Labute approximate surface area is 138 Å². The van der Waals surface area contributed by atoms with Crippen LogP contribution in [0.1, 0.15) is 10.4 Å². The van der Waals surface area contributed by atoms with Crippen molar-refractivity contribution in [3.8, 4) is 0 Å². The zero-order valence-corrected chi connectivity index (χ0v) is 12.8. The number of rotatable bonds is 3. The second kappa shape index (κ2) is 5.86. The first kappa shape index (κ1) is 14.5. The smallest absolute Gasteiger partial charge is 0.261 e. The molecule has 4 rings (SSSR count). The second-order valence-electron chi connectivity index (χ2n) is 5.58. The highest BCUT2D eigenvalue weighted by Gasteiger charge is 2.32. The maximum Gasteiger partial charge on any atom is 0.261 e. The average molecular weight is 321 g/mol. The number of fused-ring (bicyclic) bond motifs is 1. The standard InChI is InChI=1S/C17H15N5O2/c18-17-20-6-12(7-21-17)16(23)22(14-9-24-10-14)13-5-11-3-1-2-4-15(11)19-8-13/h1-8,14H,9-10H2,(H2,18,20,21). The summed E-state index contributed by atoms with van der Waals surface area (Å²) >= 11 is 0. The molecular formula is C17H15N5O2. The summed E-state index contributed by atoms with van der Waals surface area (Å²) in [6.45, 7) is 0.989. The largest absolute Gasteiger partial charge is 0.377 e. The van der Waals surface area contributed by atoms with Crippen molar-refractivity contribution in [3.63, 3.8) is 0 Å². The molecule has 0 bridgehead atoms. The lowest BCUT2D eigenvalue weighted by atomic mass is 10.1. The average Bonchev–Trinajstić information content (AvgIpc) is 2.57. The molecule has 1 fully saturated rings. The molecule has 120 valence electrons. The van der Waals surface area contributed by atoms with E-state index in [-0.39, 0.29) is 17.9 Å². The number of aromatic nitrogens is 3. The summed E-state index contributed by atoms with van der Waals surface area (Å²) in [5.41, 5.74) is 7.48. The molecule has 1 aliphatic rings. The van der Waals surface area contributed by atoms with Crippen molar-refractivity contribution in [1.82, 2.24) is 15.0 Å². The van der Waals surface area contributed by atoms with Gasteiger partial charge < -0.3 is 10.5 Å². The molecule has 1 aromatic carbocycles. The van der Waals surface area contributed by atoms with Crippen LogP contribution >= 0.6 is 0 Å². The van der Waals surface area contributed by atoms with Gasteiger partial charge in [0.1, 0.15) is 0 Å². The van der Waals surface area contributed by atoms with Crippen LogP contribution in [-0.4, -0.2) is 40.1 Å². The summed E-state index contributed by atoms with van der Waals surface area (Å²) < 4.78 is 5.26. The molecule has 1 aliphatic heterocycles. The van der Waals surface area contributed by atoms with Crippen molar-refractivity contribution in [1.29, 1.82) is 0 Å². The van der Waals surface area contributed by atoms with E-state index in [0.29, 0.717) is 18.8 Å². The Morgan fingerprint density at radius 2 is 1.88 bits per heavy atom. The molecule has 1 amide bonds. The van der Waals surface area contributed by atoms with E-state index in [9.17, 15) is 4.79 Å². The number of hydrogen-bond acceptors (Lipinski definition) is 6. The normalized spacial score (nSPS) is 14.3. The molecule has 0 atom stereocenters. The minimum absolute atomic E-state index is 0.0296. The molecule has 7 heteroatoms. The van der Waals surface area contributed by atoms with Gasteiger partial charge in [-0.2, -0.15) is 0 Å². The van der Waals surface area contributed by atoms with Crippen LogP contribution in [0.2, 0.25) is 0 Å². The van der Waals surface area contributed by atoms with Gasteiger partial charge in [0.2, 0.25) is 5.95 Å². The topological polar surface area (TPSA) is 94.2 Å². The highest BCUT2D eigenvalue weighted by atomic mass is 16.5. The predicted octanol–water partition coefficient (Wildman–Crippen LogP) is 1.65.